The van der Waals surface area contributed by atoms with E-state index in [9.17, 15) is 30.0 Å². The van der Waals surface area contributed by atoms with Crippen molar-refractivity contribution in [2.75, 3.05) is 19.8 Å². The topological polar surface area (TPSA) is 174 Å². The molecule has 2 saturated carbocycles. The second-order valence-electron chi connectivity index (χ2n) is 19.3. The minimum absolute atomic E-state index is 0.0121. The van der Waals surface area contributed by atoms with Crippen molar-refractivity contribution in [3.63, 3.8) is 0 Å². The smallest absolute Gasteiger partial charge is 0.243 e. The number of benzene rings is 2. The summed E-state index contributed by atoms with van der Waals surface area (Å²) in [6.45, 7) is 10.7. The Morgan fingerprint density at radius 1 is 0.938 bits per heavy atom. The summed E-state index contributed by atoms with van der Waals surface area (Å²) >= 11 is 0. The van der Waals surface area contributed by atoms with E-state index in [1.54, 1.807) is 0 Å². The van der Waals surface area contributed by atoms with Gasteiger partial charge < -0.3 is 36.2 Å². The number of nitrogens with one attached hydrogen (secondary N) is 2. The Labute approximate surface area is 379 Å². The Bertz CT molecular complexity index is 2260. The maximum Gasteiger partial charge on any atom is 0.243 e. The molecule has 1 spiro atoms. The standard InChI is InChI=1S/C54H69N3O7/c1-34-11-5-6-28-64-33-40(18-8-14-35(2)13-7-12-34)44-25-27-54(50(44)61)46-23-22-41(58)30-38-16-9-15-37(29-38)20-21-42(59)32-56-49-48-39(17-10-19-45(48)51(55)57-52(49)62)31-47(60)36(3)43(46)24-26-53(54,4)63/h8-10,12,14-19,29,41-42,44,46,49-51,56,58-59,61,63H,2,7,11,13,20-28,30-33,55H2,1,3-4H3,(H,57,62)/b14-8+,34-12+,40-18-,43-36+/t41-,42+,44+,46+,49+,50+,51+,53+,54+/m0/s1. The molecular weight excluding hydrogens is 803 g/mol. The molecular formula is C54H69N3O7. The average molecular weight is 872 g/mol. The van der Waals surface area contributed by atoms with E-state index in [-0.39, 0.29) is 43.8 Å². The van der Waals surface area contributed by atoms with Gasteiger partial charge in [-0.3, -0.25) is 14.9 Å². The van der Waals surface area contributed by atoms with Gasteiger partial charge in [-0.1, -0.05) is 102 Å². The lowest BCUT2D eigenvalue weighted by Crippen LogP contribution is -2.59. The summed E-state index contributed by atoms with van der Waals surface area (Å²) in [6, 6.07) is 12.8. The lowest BCUT2D eigenvalue weighted by atomic mass is 9.52. The van der Waals surface area contributed by atoms with Gasteiger partial charge in [-0.05, 0) is 136 Å². The number of aryl methyl sites for hydroxylation is 1. The number of carbonyl (C=O) groups is 2. The monoisotopic (exact) mass is 872 g/mol. The van der Waals surface area contributed by atoms with Gasteiger partial charge in [0.1, 0.15) is 18.8 Å². The van der Waals surface area contributed by atoms with Crippen LogP contribution in [0.25, 0.3) is 0 Å². The highest BCUT2D eigenvalue weighted by molar-refractivity contribution is 5.98. The van der Waals surface area contributed by atoms with Gasteiger partial charge in [-0.25, -0.2) is 0 Å². The first-order valence-corrected chi connectivity index (χ1v) is 23.4. The van der Waals surface area contributed by atoms with E-state index in [1.807, 2.05) is 68.5 Å². The molecule has 2 aromatic carbocycles. The minimum Gasteiger partial charge on any atom is -0.393 e. The van der Waals surface area contributed by atoms with Crippen molar-refractivity contribution >= 4 is 11.7 Å². The van der Waals surface area contributed by atoms with Gasteiger partial charge in [0.2, 0.25) is 5.91 Å². The first-order chi connectivity index (χ1) is 30.7. The molecule has 9 atom stereocenters. The number of nitrogens with two attached hydrogens (primary N) is 1. The SMILES string of the molecule is C=C1/C=C/C=C(\[C@H]2CC[C@@]3([C@@H]4CC[C@H](O)Cc5cccc(c5)CC[C@@H](O)CN[C@H]5C(=O)N[C@@H](N)c6cccc(c65)CC(=O)/C(C)=C/4CC[C@@]3(C)O)[C@@H]2O)COCC#CC/C(C)=C/CC1. The first kappa shape index (κ1) is 47.5. The molecule has 3 heterocycles. The Kier molecular flexibility index (Phi) is 15.5. The molecule has 2 aliphatic carbocycles. The molecule has 0 aromatic heterocycles. The highest BCUT2D eigenvalue weighted by Gasteiger charge is 2.64. The molecule has 10 nitrogen and oxygen atoms in total. The van der Waals surface area contributed by atoms with Crippen LogP contribution in [-0.2, 0) is 33.6 Å². The number of aliphatic hydroxyl groups is 4. The maximum absolute atomic E-state index is 14.8. The van der Waals surface area contributed by atoms with Crippen molar-refractivity contribution in [3.8, 4) is 11.8 Å². The van der Waals surface area contributed by atoms with Crippen LogP contribution in [0.15, 0.2) is 101 Å². The molecule has 10 heteroatoms. The number of fused-ring (bicyclic) bond motifs is 4. The van der Waals surface area contributed by atoms with Crippen LogP contribution in [0.5, 0.6) is 0 Å². The molecule has 7 rings (SSSR count). The van der Waals surface area contributed by atoms with Crippen LogP contribution in [0.4, 0.5) is 0 Å². The molecule has 2 aromatic rings. The van der Waals surface area contributed by atoms with Gasteiger partial charge in [0.05, 0.1) is 30.5 Å². The van der Waals surface area contributed by atoms with Crippen LogP contribution in [0.1, 0.15) is 125 Å². The number of ether oxygens (including phenoxy) is 1. The third kappa shape index (κ3) is 10.5. The highest BCUT2D eigenvalue weighted by Crippen LogP contribution is 2.63. The van der Waals surface area contributed by atoms with Crippen LogP contribution in [0.2, 0.25) is 0 Å². The Hall–Kier alpha value is -4.44. The van der Waals surface area contributed by atoms with Crippen molar-refractivity contribution in [2.45, 2.75) is 140 Å². The van der Waals surface area contributed by atoms with Crippen molar-refractivity contribution in [1.82, 2.24) is 10.6 Å². The van der Waals surface area contributed by atoms with Crippen molar-refractivity contribution in [2.24, 2.45) is 23.0 Å². The maximum atomic E-state index is 14.8. The normalized spacial score (nSPS) is 36.0. The minimum atomic E-state index is -1.29. The molecule has 2 fully saturated rings. The summed E-state index contributed by atoms with van der Waals surface area (Å²) in [4.78, 5) is 28.4. The first-order valence-electron chi connectivity index (χ1n) is 23.4. The molecule has 0 saturated heterocycles. The number of aliphatic hydroxyl groups excluding tert-OH is 3. The second kappa shape index (κ2) is 20.8. The van der Waals surface area contributed by atoms with Gasteiger partial charge in [-0.2, -0.15) is 0 Å². The number of amides is 1. The predicted molar refractivity (Wildman–Crippen MR) is 250 cm³/mol. The van der Waals surface area contributed by atoms with Crippen LogP contribution in [-0.4, -0.2) is 75.8 Å². The van der Waals surface area contributed by atoms with Crippen molar-refractivity contribution < 1.29 is 34.8 Å². The van der Waals surface area contributed by atoms with Crippen LogP contribution in [0.3, 0.4) is 0 Å². The molecule has 5 aliphatic rings. The Morgan fingerprint density at radius 2 is 1.73 bits per heavy atom. The molecule has 0 unspecified atom stereocenters. The predicted octanol–water partition coefficient (Wildman–Crippen LogP) is 6.63. The summed E-state index contributed by atoms with van der Waals surface area (Å²) in [6.07, 6.45) is 11.7. The lowest BCUT2D eigenvalue weighted by Gasteiger charge is -2.56. The largest absolute Gasteiger partial charge is 0.393 e. The summed E-state index contributed by atoms with van der Waals surface area (Å²) in [5.74, 6) is 5.16. The third-order valence-corrected chi connectivity index (χ3v) is 15.0. The number of rotatable bonds is 1. The summed E-state index contributed by atoms with van der Waals surface area (Å²) in [5.41, 5.74) is 12.8. The number of allylic oxidation sites excluding steroid dienone is 8. The fourth-order valence-corrected chi connectivity index (χ4v) is 11.4. The highest BCUT2D eigenvalue weighted by atomic mass is 16.5. The molecule has 64 heavy (non-hydrogen) atoms. The molecule has 342 valence electrons. The average Bonchev–Trinajstić information content (AvgIpc) is 3.60. The Morgan fingerprint density at radius 3 is 2.56 bits per heavy atom. The van der Waals surface area contributed by atoms with Crippen molar-refractivity contribution in [3.05, 3.63) is 129 Å². The number of ketones is 1. The van der Waals surface area contributed by atoms with Gasteiger partial charge in [0, 0.05) is 30.7 Å². The number of hydrogen-bond acceptors (Lipinski definition) is 9. The van der Waals surface area contributed by atoms with E-state index in [2.05, 4.69) is 48.1 Å². The zero-order valence-corrected chi connectivity index (χ0v) is 38.0. The number of hydrogen-bond donors (Lipinski definition) is 7. The zero-order valence-electron chi connectivity index (χ0n) is 38.0. The van der Waals surface area contributed by atoms with E-state index in [0.29, 0.717) is 86.5 Å². The third-order valence-electron chi connectivity index (χ3n) is 15.0. The number of Topliss-reactive ketones (excluding diaryl/α,β-unsaturated/α-hetero) is 1. The second-order valence-corrected chi connectivity index (χ2v) is 19.3. The van der Waals surface area contributed by atoms with Gasteiger partial charge in [0.25, 0.3) is 0 Å². The van der Waals surface area contributed by atoms with Crippen LogP contribution < -0.4 is 16.4 Å². The fourth-order valence-electron chi connectivity index (χ4n) is 11.4. The molecule has 0 radical (unpaired) electrons. The molecule has 3 aliphatic heterocycles. The van der Waals surface area contributed by atoms with Crippen LogP contribution >= 0.6 is 0 Å². The number of carbonyl (C=O) groups excluding carboxylic acids is 2. The van der Waals surface area contributed by atoms with Crippen molar-refractivity contribution in [1.29, 1.82) is 0 Å². The zero-order chi connectivity index (χ0) is 45.6. The van der Waals surface area contributed by atoms with E-state index >= 15 is 0 Å². The summed E-state index contributed by atoms with van der Waals surface area (Å²) < 4.78 is 6.16. The fraction of sp³-hybridized carbons (Fsp3) is 0.519. The van der Waals surface area contributed by atoms with Gasteiger partial charge in [-0.15, -0.1) is 0 Å². The lowest BCUT2D eigenvalue weighted by molar-refractivity contribution is -0.168. The van der Waals surface area contributed by atoms with E-state index < -0.39 is 47.5 Å². The van der Waals surface area contributed by atoms with Gasteiger partial charge in [0.15, 0.2) is 5.78 Å². The van der Waals surface area contributed by atoms with E-state index in [0.717, 1.165) is 40.7 Å². The number of β-amino-alcohol motifs (C(OH)–C–C–N with tert-alkyl or cyclic N) is 1. The summed E-state index contributed by atoms with van der Waals surface area (Å²) in [7, 11) is 0. The van der Waals surface area contributed by atoms with Gasteiger partial charge >= 0.3 is 0 Å². The van der Waals surface area contributed by atoms with E-state index in [1.165, 1.54) is 5.57 Å². The Balaban J connectivity index is 1.28. The molecule has 2 bridgehead atoms. The quantitative estimate of drug-likeness (QED) is 0.123. The van der Waals surface area contributed by atoms with Crippen LogP contribution in [0, 0.1) is 29.1 Å². The molecule has 1 amide bonds. The molecule has 8 N–H and O–H groups in total. The van der Waals surface area contributed by atoms with E-state index in [4.69, 9.17) is 10.5 Å². The summed E-state index contributed by atoms with van der Waals surface area (Å²) in [5, 5.41) is 54.6.